The molecule has 0 atom stereocenters. The third kappa shape index (κ3) is 5.33. The summed E-state index contributed by atoms with van der Waals surface area (Å²) in [6.45, 7) is 2.74. The van der Waals surface area contributed by atoms with Crippen LogP contribution in [0.15, 0.2) is 18.3 Å². The van der Waals surface area contributed by atoms with Crippen LogP contribution in [-0.4, -0.2) is 60.9 Å². The zero-order valence-electron chi connectivity index (χ0n) is 16.8. The first-order chi connectivity index (χ1) is 14.2. The summed E-state index contributed by atoms with van der Waals surface area (Å²) in [6.07, 6.45) is 1.41. The van der Waals surface area contributed by atoms with Gasteiger partial charge < -0.3 is 19.7 Å². The highest BCUT2D eigenvalue weighted by atomic mass is 35.5. The number of hydrogen-bond donors (Lipinski definition) is 1. The van der Waals surface area contributed by atoms with Gasteiger partial charge in [-0.1, -0.05) is 11.6 Å². The predicted molar refractivity (Wildman–Crippen MR) is 111 cm³/mol. The standard InChI is InChI=1S/C19H20ClN3O6S/c1-5-28-19(27)13-10(2)14(17(25)23(3)4)30-16(13)22-12(24)9-29-18(26)11-7-6-8-21-15(11)20/h6-8H,5,9H2,1-4H3,(H,22,24). The van der Waals surface area contributed by atoms with E-state index in [2.05, 4.69) is 10.3 Å². The molecule has 0 saturated heterocycles. The van der Waals surface area contributed by atoms with Gasteiger partial charge in [0, 0.05) is 20.3 Å². The molecular weight excluding hydrogens is 434 g/mol. The number of hydrogen-bond acceptors (Lipinski definition) is 8. The average Bonchev–Trinajstić information content (AvgIpc) is 3.01. The molecular formula is C19H20ClN3O6S. The maximum atomic E-state index is 12.4. The van der Waals surface area contributed by atoms with Crippen LogP contribution in [0, 0.1) is 6.92 Å². The average molecular weight is 454 g/mol. The molecule has 30 heavy (non-hydrogen) atoms. The highest BCUT2D eigenvalue weighted by Gasteiger charge is 2.27. The Bertz CT molecular complexity index is 989. The van der Waals surface area contributed by atoms with Crippen molar-refractivity contribution in [1.29, 1.82) is 0 Å². The lowest BCUT2D eigenvalue weighted by atomic mass is 10.1. The molecule has 0 aliphatic carbocycles. The number of carbonyl (C=O) groups excluding carboxylic acids is 4. The van der Waals surface area contributed by atoms with Crippen LogP contribution < -0.4 is 5.32 Å². The number of pyridine rings is 1. The van der Waals surface area contributed by atoms with Crippen molar-refractivity contribution in [2.75, 3.05) is 32.6 Å². The van der Waals surface area contributed by atoms with Crippen molar-refractivity contribution >= 4 is 51.7 Å². The van der Waals surface area contributed by atoms with Crippen molar-refractivity contribution in [3.05, 3.63) is 45.1 Å². The number of carbonyl (C=O) groups is 4. The molecule has 11 heteroatoms. The van der Waals surface area contributed by atoms with Gasteiger partial charge in [-0.15, -0.1) is 11.3 Å². The molecule has 2 aromatic heterocycles. The lowest BCUT2D eigenvalue weighted by Crippen LogP contribution is -2.22. The fourth-order valence-electron chi connectivity index (χ4n) is 2.37. The van der Waals surface area contributed by atoms with Gasteiger partial charge in [-0.3, -0.25) is 9.59 Å². The summed E-state index contributed by atoms with van der Waals surface area (Å²) in [5.41, 5.74) is 0.499. The van der Waals surface area contributed by atoms with Crippen LogP contribution in [0.5, 0.6) is 0 Å². The minimum atomic E-state index is -0.820. The van der Waals surface area contributed by atoms with Gasteiger partial charge in [-0.25, -0.2) is 14.6 Å². The van der Waals surface area contributed by atoms with Crippen molar-refractivity contribution in [3.8, 4) is 0 Å². The van der Waals surface area contributed by atoms with Gasteiger partial charge in [0.1, 0.15) is 10.2 Å². The van der Waals surface area contributed by atoms with Gasteiger partial charge in [0.2, 0.25) is 0 Å². The molecule has 0 bridgehead atoms. The van der Waals surface area contributed by atoms with Crippen molar-refractivity contribution < 1.29 is 28.7 Å². The SMILES string of the molecule is CCOC(=O)c1c(NC(=O)COC(=O)c2cccnc2Cl)sc(C(=O)N(C)C)c1C. The Hall–Kier alpha value is -2.98. The normalized spacial score (nSPS) is 10.3. The molecule has 0 spiro atoms. The zero-order chi connectivity index (χ0) is 22.4. The number of esters is 2. The largest absolute Gasteiger partial charge is 0.462 e. The van der Waals surface area contributed by atoms with Crippen LogP contribution in [0.2, 0.25) is 5.15 Å². The van der Waals surface area contributed by atoms with Crippen molar-refractivity contribution in [3.63, 3.8) is 0 Å². The van der Waals surface area contributed by atoms with Crippen LogP contribution in [-0.2, 0) is 14.3 Å². The van der Waals surface area contributed by atoms with E-state index < -0.39 is 24.5 Å². The molecule has 2 aromatic rings. The molecule has 0 radical (unpaired) electrons. The molecule has 0 fully saturated rings. The number of ether oxygens (including phenoxy) is 2. The number of amides is 2. The minimum absolute atomic E-state index is 0.0185. The number of nitrogens with one attached hydrogen (secondary N) is 1. The Morgan fingerprint density at radius 1 is 1.20 bits per heavy atom. The first kappa shape index (κ1) is 23.3. The lowest BCUT2D eigenvalue weighted by Gasteiger charge is -2.09. The van der Waals surface area contributed by atoms with E-state index in [1.54, 1.807) is 27.9 Å². The molecule has 0 unspecified atom stereocenters. The van der Waals surface area contributed by atoms with E-state index in [1.807, 2.05) is 0 Å². The summed E-state index contributed by atoms with van der Waals surface area (Å²) in [7, 11) is 3.15. The van der Waals surface area contributed by atoms with E-state index in [4.69, 9.17) is 21.1 Å². The van der Waals surface area contributed by atoms with Crippen molar-refractivity contribution in [2.24, 2.45) is 0 Å². The molecule has 0 aliphatic rings. The van der Waals surface area contributed by atoms with Gasteiger partial charge in [0.15, 0.2) is 6.61 Å². The number of aromatic nitrogens is 1. The van der Waals surface area contributed by atoms with E-state index in [0.29, 0.717) is 5.56 Å². The first-order valence-corrected chi connectivity index (χ1v) is 9.96. The Balaban J connectivity index is 2.19. The van der Waals surface area contributed by atoms with Crippen LogP contribution in [0.25, 0.3) is 0 Å². The summed E-state index contributed by atoms with van der Waals surface area (Å²) < 4.78 is 9.99. The molecule has 9 nitrogen and oxygen atoms in total. The molecule has 160 valence electrons. The number of thiophene rings is 1. The summed E-state index contributed by atoms with van der Waals surface area (Å²) >= 11 is 6.77. The van der Waals surface area contributed by atoms with E-state index in [0.717, 1.165) is 11.3 Å². The maximum Gasteiger partial charge on any atom is 0.341 e. The van der Waals surface area contributed by atoms with Crippen molar-refractivity contribution in [2.45, 2.75) is 13.8 Å². The Morgan fingerprint density at radius 2 is 1.90 bits per heavy atom. The van der Waals surface area contributed by atoms with E-state index in [9.17, 15) is 19.2 Å². The van der Waals surface area contributed by atoms with Crippen LogP contribution in [0.3, 0.4) is 0 Å². The molecule has 0 aliphatic heterocycles. The number of anilines is 1. The summed E-state index contributed by atoms with van der Waals surface area (Å²) in [6, 6.07) is 2.92. The second kappa shape index (κ2) is 10.2. The van der Waals surface area contributed by atoms with E-state index in [-0.39, 0.29) is 38.7 Å². The smallest absolute Gasteiger partial charge is 0.341 e. The minimum Gasteiger partial charge on any atom is -0.462 e. The number of nitrogens with zero attached hydrogens (tertiary/aromatic N) is 2. The molecule has 0 saturated carbocycles. The fraction of sp³-hybridized carbons (Fsp3) is 0.316. The van der Waals surface area contributed by atoms with Gasteiger partial charge in [-0.05, 0) is 31.5 Å². The second-order valence-corrected chi connectivity index (χ2v) is 7.53. The predicted octanol–water partition coefficient (Wildman–Crippen LogP) is 2.78. The molecule has 1 N–H and O–H groups in total. The molecule has 2 rings (SSSR count). The summed E-state index contributed by atoms with van der Waals surface area (Å²) in [5.74, 6) is -2.50. The Kier molecular flexibility index (Phi) is 7.90. The molecule has 0 aromatic carbocycles. The van der Waals surface area contributed by atoms with Crippen LogP contribution >= 0.6 is 22.9 Å². The summed E-state index contributed by atoms with van der Waals surface area (Å²) in [5, 5.41) is 2.60. The van der Waals surface area contributed by atoms with Crippen LogP contribution in [0.1, 0.15) is 42.9 Å². The van der Waals surface area contributed by atoms with E-state index >= 15 is 0 Å². The topological polar surface area (TPSA) is 115 Å². The van der Waals surface area contributed by atoms with Gasteiger partial charge in [0.05, 0.1) is 22.6 Å². The van der Waals surface area contributed by atoms with Crippen LogP contribution in [0.4, 0.5) is 5.00 Å². The quantitative estimate of drug-likeness (QED) is 0.506. The first-order valence-electron chi connectivity index (χ1n) is 8.77. The fourth-order valence-corrected chi connectivity index (χ4v) is 3.80. The van der Waals surface area contributed by atoms with Gasteiger partial charge >= 0.3 is 11.9 Å². The van der Waals surface area contributed by atoms with Gasteiger partial charge in [-0.2, -0.15) is 0 Å². The maximum absolute atomic E-state index is 12.4. The highest BCUT2D eigenvalue weighted by Crippen LogP contribution is 2.34. The molecule has 2 amide bonds. The molecule has 2 heterocycles. The Labute approximate surface area is 181 Å². The third-order valence-corrected chi connectivity index (χ3v) is 5.29. The number of rotatable bonds is 7. The van der Waals surface area contributed by atoms with Crippen molar-refractivity contribution in [1.82, 2.24) is 9.88 Å². The monoisotopic (exact) mass is 453 g/mol. The number of halogens is 1. The second-order valence-electron chi connectivity index (χ2n) is 6.15. The zero-order valence-corrected chi connectivity index (χ0v) is 18.3. The Morgan fingerprint density at radius 3 is 2.50 bits per heavy atom. The van der Waals surface area contributed by atoms with Gasteiger partial charge in [0.25, 0.3) is 11.8 Å². The highest BCUT2D eigenvalue weighted by molar-refractivity contribution is 7.18. The van der Waals surface area contributed by atoms with E-state index in [1.165, 1.54) is 23.2 Å². The summed E-state index contributed by atoms with van der Waals surface area (Å²) in [4.78, 5) is 54.5. The lowest BCUT2D eigenvalue weighted by molar-refractivity contribution is -0.119. The third-order valence-electron chi connectivity index (χ3n) is 3.79.